The number of nitrogens with zero attached hydrogens (tertiary/aromatic N) is 2. The van der Waals surface area contributed by atoms with Crippen LogP contribution in [0.5, 0.6) is 0 Å². The van der Waals surface area contributed by atoms with Gasteiger partial charge in [0, 0.05) is 41.1 Å². The molecule has 0 atom stereocenters. The Kier molecular flexibility index (Phi) is 7.74. The summed E-state index contributed by atoms with van der Waals surface area (Å²) in [4.78, 5) is 37.0. The van der Waals surface area contributed by atoms with Crippen LogP contribution in [-0.2, 0) is 0 Å². The number of pyridine rings is 2. The Morgan fingerprint density at radius 3 is 2.67 bits per heavy atom. The molecule has 0 saturated carbocycles. The fraction of sp³-hybridized carbons (Fsp3) is 0.290. The highest BCUT2D eigenvalue weighted by atomic mass is 32.1. The molecule has 3 aromatic heterocycles. The second-order valence-corrected chi connectivity index (χ2v) is 11.1. The fourth-order valence-corrected chi connectivity index (χ4v) is 6.27. The van der Waals surface area contributed by atoms with E-state index in [9.17, 15) is 9.59 Å². The average Bonchev–Trinajstić information content (AvgIpc) is 3.26. The summed E-state index contributed by atoms with van der Waals surface area (Å²) in [6.07, 6.45) is 11.2. The lowest BCUT2D eigenvalue weighted by Gasteiger charge is -2.16. The Bertz CT molecular complexity index is 1590. The molecule has 7 nitrogen and oxygen atoms in total. The Morgan fingerprint density at radius 1 is 1.10 bits per heavy atom. The van der Waals surface area contributed by atoms with Crippen molar-refractivity contribution in [1.82, 2.24) is 15.3 Å². The first-order valence-electron chi connectivity index (χ1n) is 13.3. The van der Waals surface area contributed by atoms with Crippen LogP contribution in [0.15, 0.2) is 54.4 Å². The van der Waals surface area contributed by atoms with Gasteiger partial charge in [0.25, 0.3) is 11.8 Å². The van der Waals surface area contributed by atoms with Crippen molar-refractivity contribution < 1.29 is 9.59 Å². The van der Waals surface area contributed by atoms with E-state index in [0.29, 0.717) is 44.1 Å². The lowest BCUT2D eigenvalue weighted by atomic mass is 9.95. The molecule has 2 amide bonds. The molecule has 1 aliphatic carbocycles. The van der Waals surface area contributed by atoms with Crippen molar-refractivity contribution in [3.05, 3.63) is 81.6 Å². The van der Waals surface area contributed by atoms with E-state index in [0.717, 1.165) is 41.6 Å². The number of fused-ring (bicyclic) bond motifs is 1. The maximum atomic E-state index is 13.8. The number of hydrogen-bond acceptors (Lipinski definition) is 6. The highest BCUT2D eigenvalue weighted by Gasteiger charge is 2.27. The number of nitrogen functional groups attached to an aromatic ring is 1. The summed E-state index contributed by atoms with van der Waals surface area (Å²) in [5, 5.41) is 6.69. The molecule has 0 aliphatic heterocycles. The number of nitrogens with two attached hydrogens (primary N) is 1. The Labute approximate surface area is 232 Å². The van der Waals surface area contributed by atoms with Gasteiger partial charge in [-0.2, -0.15) is 0 Å². The summed E-state index contributed by atoms with van der Waals surface area (Å²) in [6.45, 7) is 6.35. The molecule has 4 N–H and O–H groups in total. The van der Waals surface area contributed by atoms with Gasteiger partial charge in [-0.3, -0.25) is 14.6 Å². The van der Waals surface area contributed by atoms with E-state index < -0.39 is 0 Å². The van der Waals surface area contributed by atoms with Gasteiger partial charge in [-0.05, 0) is 70.6 Å². The molecule has 4 aromatic rings. The first-order valence-corrected chi connectivity index (χ1v) is 14.1. The first-order chi connectivity index (χ1) is 18.8. The molecule has 1 aromatic carbocycles. The zero-order valence-electron chi connectivity index (χ0n) is 22.6. The minimum atomic E-state index is -0.287. The topological polar surface area (TPSA) is 110 Å². The zero-order chi connectivity index (χ0) is 27.5. The summed E-state index contributed by atoms with van der Waals surface area (Å²) in [5.74, 6) is -0.506. The molecule has 1 aliphatic rings. The number of aromatic nitrogens is 2. The van der Waals surface area contributed by atoms with Crippen molar-refractivity contribution in [3.8, 4) is 11.1 Å². The molecule has 0 unspecified atom stereocenters. The highest BCUT2D eigenvalue weighted by Crippen LogP contribution is 2.42. The zero-order valence-corrected chi connectivity index (χ0v) is 23.4. The number of carbonyl (C=O) groups excluding carboxylic acids is 2. The van der Waals surface area contributed by atoms with Gasteiger partial charge in [0.05, 0.1) is 16.9 Å². The van der Waals surface area contributed by atoms with Gasteiger partial charge < -0.3 is 16.4 Å². The summed E-state index contributed by atoms with van der Waals surface area (Å²) in [7, 11) is 0. The van der Waals surface area contributed by atoms with Crippen molar-refractivity contribution in [3.63, 3.8) is 0 Å². The smallest absolute Gasteiger partial charge is 0.263 e. The predicted octanol–water partition coefficient (Wildman–Crippen LogP) is 6.74. The van der Waals surface area contributed by atoms with Crippen LogP contribution in [0.25, 0.3) is 21.3 Å². The summed E-state index contributed by atoms with van der Waals surface area (Å²) in [5.41, 5.74) is 13.5. The van der Waals surface area contributed by atoms with Gasteiger partial charge in [-0.15, -0.1) is 11.3 Å². The average molecular weight is 540 g/mol. The van der Waals surface area contributed by atoms with Crippen molar-refractivity contribution in [2.75, 3.05) is 17.6 Å². The van der Waals surface area contributed by atoms with Crippen LogP contribution in [0.2, 0.25) is 0 Å². The van der Waals surface area contributed by atoms with Crippen LogP contribution in [0.1, 0.15) is 69.0 Å². The molecule has 0 bridgehead atoms. The van der Waals surface area contributed by atoms with Crippen molar-refractivity contribution in [2.24, 2.45) is 0 Å². The van der Waals surface area contributed by atoms with Gasteiger partial charge >= 0.3 is 0 Å². The molecule has 200 valence electrons. The fourth-order valence-electron chi connectivity index (χ4n) is 5.20. The van der Waals surface area contributed by atoms with E-state index in [4.69, 9.17) is 10.7 Å². The minimum Gasteiger partial charge on any atom is -0.397 e. The summed E-state index contributed by atoms with van der Waals surface area (Å²) in [6, 6.07) is 9.60. The molecule has 5 rings (SSSR count). The molecule has 0 saturated heterocycles. The van der Waals surface area contributed by atoms with E-state index in [1.54, 1.807) is 12.4 Å². The van der Waals surface area contributed by atoms with Crippen LogP contribution in [0.3, 0.4) is 0 Å². The lowest BCUT2D eigenvalue weighted by Crippen LogP contribution is -2.24. The van der Waals surface area contributed by atoms with Gasteiger partial charge in [0.1, 0.15) is 9.71 Å². The third-order valence-electron chi connectivity index (χ3n) is 7.19. The van der Waals surface area contributed by atoms with Crippen LogP contribution in [0, 0.1) is 20.8 Å². The number of benzene rings is 1. The van der Waals surface area contributed by atoms with Crippen molar-refractivity contribution >= 4 is 44.7 Å². The number of thiophene rings is 1. The number of hydrogen-bond donors (Lipinski definition) is 3. The molecule has 8 heteroatoms. The van der Waals surface area contributed by atoms with Crippen LogP contribution in [-0.4, -0.2) is 28.3 Å². The van der Waals surface area contributed by atoms with Crippen molar-refractivity contribution in [2.45, 2.75) is 52.9 Å². The monoisotopic (exact) mass is 539 g/mol. The summed E-state index contributed by atoms with van der Waals surface area (Å²) < 4.78 is 0. The van der Waals surface area contributed by atoms with Gasteiger partial charge in [-0.1, -0.05) is 35.4 Å². The van der Waals surface area contributed by atoms with Crippen LogP contribution < -0.4 is 16.4 Å². The standard InChI is InChI=1S/C31H33N5O2S/c1-18-11-12-23(19(2)16-18)36-29(37)24-20(3)35-31-26(25(24)22-10-7-14-33-17-22)27(32)28(39-31)30(38)34-15-13-21-8-5-4-6-9-21/h7-8,10-12,14,16-17H,4-6,9,13,15,32H2,1-3H3,(H,34,38)(H,36,37). The number of amides is 2. The largest absolute Gasteiger partial charge is 0.397 e. The first kappa shape index (κ1) is 26.6. The quantitative estimate of drug-likeness (QED) is 0.225. The molecule has 0 radical (unpaired) electrons. The predicted molar refractivity (Wildman–Crippen MR) is 159 cm³/mol. The Balaban J connectivity index is 1.54. The molecular formula is C31H33N5O2S. The van der Waals surface area contributed by atoms with Gasteiger partial charge in [0.2, 0.25) is 0 Å². The van der Waals surface area contributed by atoms with Crippen LogP contribution in [0.4, 0.5) is 11.4 Å². The Morgan fingerprint density at radius 2 is 1.95 bits per heavy atom. The maximum absolute atomic E-state index is 13.8. The third kappa shape index (κ3) is 5.56. The number of nitrogens with one attached hydrogen (secondary N) is 2. The van der Waals surface area contributed by atoms with E-state index >= 15 is 0 Å². The normalized spacial score (nSPS) is 13.3. The molecule has 0 spiro atoms. The van der Waals surface area contributed by atoms with Gasteiger partial charge in [-0.25, -0.2) is 4.98 Å². The minimum absolute atomic E-state index is 0.219. The number of aryl methyl sites for hydroxylation is 3. The second-order valence-electron chi connectivity index (χ2n) is 10.1. The summed E-state index contributed by atoms with van der Waals surface area (Å²) >= 11 is 1.25. The third-order valence-corrected chi connectivity index (χ3v) is 8.29. The van der Waals surface area contributed by atoms with Crippen LogP contribution >= 0.6 is 11.3 Å². The number of anilines is 2. The highest BCUT2D eigenvalue weighted by molar-refractivity contribution is 7.21. The molecule has 0 fully saturated rings. The second kappa shape index (κ2) is 11.4. The molecular weight excluding hydrogens is 506 g/mol. The number of rotatable bonds is 7. The van der Waals surface area contributed by atoms with E-state index in [-0.39, 0.29) is 11.8 Å². The number of carbonyl (C=O) groups is 2. The lowest BCUT2D eigenvalue weighted by molar-refractivity contribution is 0.0958. The Hall–Kier alpha value is -4.04. The van der Waals surface area contributed by atoms with E-state index in [2.05, 4.69) is 21.7 Å². The number of allylic oxidation sites excluding steroid dienone is 1. The molecule has 3 heterocycles. The van der Waals surface area contributed by atoms with E-state index in [1.807, 2.05) is 51.1 Å². The maximum Gasteiger partial charge on any atom is 0.263 e. The SMILES string of the molecule is Cc1ccc(NC(=O)c2c(C)nc3sc(C(=O)NCCC4=CCCCC4)c(N)c3c2-c2cccnc2)c(C)c1. The van der Waals surface area contributed by atoms with E-state index in [1.165, 1.54) is 29.8 Å². The van der Waals surface area contributed by atoms with Gasteiger partial charge in [0.15, 0.2) is 0 Å². The van der Waals surface area contributed by atoms with Crippen molar-refractivity contribution in [1.29, 1.82) is 0 Å². The molecule has 39 heavy (non-hydrogen) atoms.